The van der Waals surface area contributed by atoms with Crippen LogP contribution in [0.15, 0.2) is 12.7 Å². The first-order chi connectivity index (χ1) is 8.33. The van der Waals surface area contributed by atoms with E-state index in [1.807, 2.05) is 0 Å². The number of alkyl halides is 2. The number of alkyl carbamates (subject to hydrolysis) is 1. The van der Waals surface area contributed by atoms with Crippen molar-refractivity contribution in [2.24, 2.45) is 5.41 Å². The van der Waals surface area contributed by atoms with E-state index in [0.29, 0.717) is 0 Å². The first-order valence-electron chi connectivity index (χ1n) is 5.44. The Balaban J connectivity index is 2.43. The Morgan fingerprint density at radius 1 is 1.50 bits per heavy atom. The first kappa shape index (κ1) is 14.4. The number of hydrogen-bond acceptors (Lipinski definition) is 3. The Morgan fingerprint density at radius 3 is 2.56 bits per heavy atom. The highest BCUT2D eigenvalue weighted by Gasteiger charge is 2.70. The number of carboxylic acids is 1. The van der Waals surface area contributed by atoms with Gasteiger partial charge in [-0.1, -0.05) is 12.7 Å². The second-order valence-electron chi connectivity index (χ2n) is 4.30. The van der Waals surface area contributed by atoms with Crippen molar-refractivity contribution in [2.45, 2.75) is 25.2 Å². The second-order valence-corrected chi connectivity index (χ2v) is 4.30. The molecule has 1 aliphatic carbocycles. The van der Waals surface area contributed by atoms with Crippen molar-refractivity contribution in [3.8, 4) is 0 Å². The fourth-order valence-electron chi connectivity index (χ4n) is 1.71. The average molecular weight is 263 g/mol. The van der Waals surface area contributed by atoms with E-state index in [4.69, 9.17) is 5.11 Å². The number of carboxylic acid groups (broad SMARTS) is 1. The van der Waals surface area contributed by atoms with Gasteiger partial charge in [-0.3, -0.25) is 4.79 Å². The van der Waals surface area contributed by atoms with Gasteiger partial charge in [0.05, 0.1) is 5.41 Å². The molecule has 1 atom stereocenters. The SMILES string of the molecule is C=CCOC(=O)NCC1(CCC(=O)O)CC1(F)F. The summed E-state index contributed by atoms with van der Waals surface area (Å²) in [6.45, 7) is 3.04. The number of hydrogen-bond donors (Lipinski definition) is 2. The Kier molecular flexibility index (Phi) is 4.26. The Hall–Kier alpha value is -1.66. The Labute approximate surface area is 103 Å². The highest BCUT2D eigenvalue weighted by Crippen LogP contribution is 2.62. The van der Waals surface area contributed by atoms with Gasteiger partial charge in [0.15, 0.2) is 0 Å². The molecule has 0 aromatic heterocycles. The van der Waals surface area contributed by atoms with Crippen LogP contribution in [-0.2, 0) is 9.53 Å². The Bertz CT molecular complexity index is 359. The van der Waals surface area contributed by atoms with Crippen molar-refractivity contribution >= 4 is 12.1 Å². The highest BCUT2D eigenvalue weighted by atomic mass is 19.3. The summed E-state index contributed by atoms with van der Waals surface area (Å²) in [5.41, 5.74) is -1.45. The number of carbonyl (C=O) groups excluding carboxylic acids is 1. The number of aliphatic carboxylic acids is 1. The van der Waals surface area contributed by atoms with Crippen molar-refractivity contribution in [1.29, 1.82) is 0 Å². The zero-order chi connectivity index (χ0) is 13.8. The summed E-state index contributed by atoms with van der Waals surface area (Å²) in [7, 11) is 0. The molecule has 1 rings (SSSR count). The third-order valence-electron chi connectivity index (χ3n) is 2.93. The summed E-state index contributed by atoms with van der Waals surface area (Å²) in [6.07, 6.45) is -0.386. The molecule has 7 heteroatoms. The minimum atomic E-state index is -2.92. The van der Waals surface area contributed by atoms with Gasteiger partial charge in [0.1, 0.15) is 6.61 Å². The standard InChI is InChI=1S/C11H15F2NO4/c1-2-5-18-9(17)14-7-10(4-3-8(15)16)6-11(10,12)13/h2H,1,3-7H2,(H,14,17)(H,15,16). The normalized spacial score (nSPS) is 24.1. The van der Waals surface area contributed by atoms with Crippen molar-refractivity contribution in [2.75, 3.05) is 13.2 Å². The summed E-state index contributed by atoms with van der Waals surface area (Å²) in [6, 6.07) is 0. The van der Waals surface area contributed by atoms with Crippen LogP contribution >= 0.6 is 0 Å². The van der Waals surface area contributed by atoms with Crippen LogP contribution in [0.5, 0.6) is 0 Å². The monoisotopic (exact) mass is 263 g/mol. The molecule has 1 unspecified atom stereocenters. The summed E-state index contributed by atoms with van der Waals surface area (Å²) < 4.78 is 31.0. The molecule has 0 spiro atoms. The van der Waals surface area contributed by atoms with Crippen molar-refractivity contribution in [3.05, 3.63) is 12.7 Å². The van der Waals surface area contributed by atoms with Crippen LogP contribution in [0.1, 0.15) is 19.3 Å². The fraction of sp³-hybridized carbons (Fsp3) is 0.636. The molecule has 0 aromatic rings. The van der Waals surface area contributed by atoms with Crippen molar-refractivity contribution in [1.82, 2.24) is 5.32 Å². The molecule has 2 N–H and O–H groups in total. The van der Waals surface area contributed by atoms with E-state index in [9.17, 15) is 18.4 Å². The van der Waals surface area contributed by atoms with Crippen LogP contribution in [0.3, 0.4) is 0 Å². The summed E-state index contributed by atoms with van der Waals surface area (Å²) >= 11 is 0. The molecule has 102 valence electrons. The van der Waals surface area contributed by atoms with Gasteiger partial charge < -0.3 is 15.2 Å². The van der Waals surface area contributed by atoms with E-state index < -0.39 is 29.8 Å². The number of nitrogens with one attached hydrogen (secondary N) is 1. The second kappa shape index (κ2) is 5.32. The van der Waals surface area contributed by atoms with Crippen LogP contribution in [-0.4, -0.2) is 36.2 Å². The molecule has 1 saturated carbocycles. The van der Waals surface area contributed by atoms with Gasteiger partial charge in [0, 0.05) is 19.4 Å². The molecule has 1 amide bonds. The van der Waals surface area contributed by atoms with Crippen LogP contribution in [0.2, 0.25) is 0 Å². The smallest absolute Gasteiger partial charge is 0.407 e. The molecule has 0 radical (unpaired) electrons. The summed E-state index contributed by atoms with van der Waals surface area (Å²) in [4.78, 5) is 21.5. The van der Waals surface area contributed by atoms with Gasteiger partial charge in [0.2, 0.25) is 0 Å². The number of ether oxygens (including phenoxy) is 1. The maximum atomic E-state index is 13.2. The molecular formula is C11H15F2NO4. The molecule has 0 aromatic carbocycles. The largest absolute Gasteiger partial charge is 0.481 e. The quantitative estimate of drug-likeness (QED) is 0.686. The molecule has 0 saturated heterocycles. The van der Waals surface area contributed by atoms with Crippen molar-refractivity contribution in [3.63, 3.8) is 0 Å². The molecular weight excluding hydrogens is 248 g/mol. The lowest BCUT2D eigenvalue weighted by atomic mass is 9.99. The van der Waals surface area contributed by atoms with E-state index >= 15 is 0 Å². The van der Waals surface area contributed by atoms with E-state index in [1.54, 1.807) is 0 Å². The molecule has 1 aliphatic rings. The zero-order valence-electron chi connectivity index (χ0n) is 9.75. The van der Waals surface area contributed by atoms with Gasteiger partial charge in [-0.15, -0.1) is 0 Å². The minimum Gasteiger partial charge on any atom is -0.481 e. The third kappa shape index (κ3) is 3.41. The lowest BCUT2D eigenvalue weighted by Gasteiger charge is -2.15. The van der Waals surface area contributed by atoms with Crippen LogP contribution < -0.4 is 5.32 Å². The van der Waals surface area contributed by atoms with Crippen LogP contribution in [0, 0.1) is 5.41 Å². The van der Waals surface area contributed by atoms with E-state index in [0.717, 1.165) is 0 Å². The van der Waals surface area contributed by atoms with Gasteiger partial charge in [-0.25, -0.2) is 13.6 Å². The Morgan fingerprint density at radius 2 is 2.11 bits per heavy atom. The predicted octanol–water partition coefficient (Wildman–Crippen LogP) is 1.79. The van der Waals surface area contributed by atoms with Gasteiger partial charge in [-0.2, -0.15) is 0 Å². The zero-order valence-corrected chi connectivity index (χ0v) is 9.75. The number of amides is 1. The minimum absolute atomic E-state index is 0.00957. The van der Waals surface area contributed by atoms with E-state index in [1.165, 1.54) is 6.08 Å². The maximum absolute atomic E-state index is 13.2. The fourth-order valence-corrected chi connectivity index (χ4v) is 1.71. The third-order valence-corrected chi connectivity index (χ3v) is 2.93. The van der Waals surface area contributed by atoms with E-state index in [2.05, 4.69) is 16.6 Å². The first-order valence-corrected chi connectivity index (χ1v) is 5.44. The molecule has 0 heterocycles. The summed E-state index contributed by atoms with van der Waals surface area (Å²) in [5.74, 6) is -4.06. The van der Waals surface area contributed by atoms with Gasteiger partial charge in [-0.05, 0) is 6.42 Å². The topological polar surface area (TPSA) is 75.6 Å². The number of carbonyl (C=O) groups is 2. The average Bonchev–Trinajstić information content (AvgIpc) is 2.84. The molecule has 5 nitrogen and oxygen atoms in total. The van der Waals surface area contributed by atoms with Gasteiger partial charge in [0.25, 0.3) is 5.92 Å². The van der Waals surface area contributed by atoms with Crippen LogP contribution in [0.25, 0.3) is 0 Å². The lowest BCUT2D eigenvalue weighted by molar-refractivity contribution is -0.137. The molecule has 0 aliphatic heterocycles. The maximum Gasteiger partial charge on any atom is 0.407 e. The van der Waals surface area contributed by atoms with Crippen LogP contribution in [0.4, 0.5) is 13.6 Å². The lowest BCUT2D eigenvalue weighted by Crippen LogP contribution is -2.33. The molecule has 0 bridgehead atoms. The van der Waals surface area contributed by atoms with E-state index in [-0.39, 0.29) is 26.0 Å². The van der Waals surface area contributed by atoms with Crippen molar-refractivity contribution < 1.29 is 28.2 Å². The van der Waals surface area contributed by atoms with Gasteiger partial charge >= 0.3 is 12.1 Å². The summed E-state index contributed by atoms with van der Waals surface area (Å²) in [5, 5.41) is 10.7. The number of halogens is 2. The molecule has 18 heavy (non-hydrogen) atoms. The molecule has 1 fully saturated rings. The predicted molar refractivity (Wildman–Crippen MR) is 58.4 cm³/mol. The number of rotatable bonds is 7. The highest BCUT2D eigenvalue weighted by molar-refractivity contribution is 5.68.